The quantitative estimate of drug-likeness (QED) is 0.271. The van der Waals surface area contributed by atoms with Crippen molar-refractivity contribution >= 4 is 0 Å². The Morgan fingerprint density at radius 2 is 1.92 bits per heavy atom. The molecule has 2 aliphatic rings. The fraction of sp³-hybridized carbons (Fsp3) is 1.00. The van der Waals surface area contributed by atoms with Crippen LogP contribution in [-0.2, 0) is 0 Å². The van der Waals surface area contributed by atoms with Crippen LogP contribution in [0.1, 0.15) is 19.3 Å². The predicted molar refractivity (Wildman–Crippen MR) is 38.9 cm³/mol. The van der Waals surface area contributed by atoms with Crippen LogP contribution in [0.15, 0.2) is 0 Å². The highest BCUT2D eigenvalue weighted by Crippen LogP contribution is 2.39. The topological polar surface area (TPSA) is 93.0 Å². The van der Waals surface area contributed by atoms with Crippen molar-refractivity contribution in [2.45, 2.75) is 42.9 Å². The maximum Gasteiger partial charge on any atom is 0.233 e. The first-order valence-corrected chi connectivity index (χ1v) is 4.08. The van der Waals surface area contributed by atoms with Crippen molar-refractivity contribution in [2.75, 3.05) is 0 Å². The van der Waals surface area contributed by atoms with Crippen molar-refractivity contribution in [3.63, 3.8) is 0 Å². The summed E-state index contributed by atoms with van der Waals surface area (Å²) in [5.41, 5.74) is -1.73. The molecule has 5 heteroatoms. The van der Waals surface area contributed by atoms with Crippen LogP contribution in [0, 0.1) is 0 Å². The van der Waals surface area contributed by atoms with Gasteiger partial charge in [0.05, 0.1) is 0 Å². The second-order valence-electron chi connectivity index (χ2n) is 3.72. The largest absolute Gasteiger partial charge is 0.387 e. The third-order valence-electron chi connectivity index (χ3n) is 2.88. The summed E-state index contributed by atoms with van der Waals surface area (Å²) in [6.45, 7) is 0. The highest BCUT2D eigenvalue weighted by atomic mass is 16.6. The molecule has 0 radical (unpaired) electrons. The Balaban J connectivity index is 2.32. The van der Waals surface area contributed by atoms with Gasteiger partial charge in [0, 0.05) is 6.04 Å². The van der Waals surface area contributed by atoms with Gasteiger partial charge in [0.2, 0.25) is 5.79 Å². The van der Waals surface area contributed by atoms with E-state index in [9.17, 15) is 20.4 Å². The maximum atomic E-state index is 9.65. The summed E-state index contributed by atoms with van der Waals surface area (Å²) in [6.07, 6.45) is -0.0655. The van der Waals surface area contributed by atoms with Crippen LogP contribution >= 0.6 is 0 Å². The monoisotopic (exact) mass is 175 g/mol. The van der Waals surface area contributed by atoms with E-state index in [1.807, 2.05) is 0 Å². The van der Waals surface area contributed by atoms with E-state index < -0.39 is 17.6 Å². The molecule has 0 spiro atoms. The van der Waals surface area contributed by atoms with Gasteiger partial charge < -0.3 is 20.4 Å². The lowest BCUT2D eigenvalue weighted by atomic mass is 9.92. The number of hydrogen-bond donors (Lipinski definition) is 5. The lowest BCUT2D eigenvalue weighted by Crippen LogP contribution is -2.70. The summed E-state index contributed by atoms with van der Waals surface area (Å²) < 4.78 is 0. The molecule has 0 saturated carbocycles. The van der Waals surface area contributed by atoms with Gasteiger partial charge in [-0.3, -0.25) is 5.32 Å². The van der Waals surface area contributed by atoms with Gasteiger partial charge in [-0.1, -0.05) is 0 Å². The fourth-order valence-corrected chi connectivity index (χ4v) is 2.04. The molecule has 5 N–H and O–H groups in total. The lowest BCUT2D eigenvalue weighted by Gasteiger charge is -2.44. The smallest absolute Gasteiger partial charge is 0.233 e. The zero-order valence-electron chi connectivity index (χ0n) is 6.56. The molecular weight excluding hydrogens is 162 g/mol. The van der Waals surface area contributed by atoms with Gasteiger partial charge in [-0.05, 0) is 19.3 Å². The number of aliphatic hydroxyl groups is 4. The van der Waals surface area contributed by atoms with Crippen molar-refractivity contribution in [3.8, 4) is 0 Å². The normalized spacial score (nSPS) is 51.0. The Morgan fingerprint density at radius 3 is 2.58 bits per heavy atom. The van der Waals surface area contributed by atoms with Crippen molar-refractivity contribution in [1.29, 1.82) is 0 Å². The van der Waals surface area contributed by atoms with E-state index in [0.717, 1.165) is 0 Å². The SMILES string of the molecule is OC1CC2CCC(O)(N2)C1(O)O. The molecule has 0 aromatic heterocycles. The highest BCUT2D eigenvalue weighted by Gasteiger charge is 2.60. The van der Waals surface area contributed by atoms with E-state index in [2.05, 4.69) is 5.32 Å². The first kappa shape index (κ1) is 8.40. The summed E-state index contributed by atoms with van der Waals surface area (Å²) in [7, 11) is 0. The number of nitrogens with one attached hydrogen (secondary N) is 1. The summed E-state index contributed by atoms with van der Waals surface area (Å²) in [5, 5.41) is 40.4. The Morgan fingerprint density at radius 1 is 1.25 bits per heavy atom. The molecule has 2 saturated heterocycles. The predicted octanol–water partition coefficient (Wildman–Crippen LogP) is -2.13. The molecule has 2 heterocycles. The fourth-order valence-electron chi connectivity index (χ4n) is 2.04. The second kappa shape index (κ2) is 2.18. The minimum Gasteiger partial charge on any atom is -0.387 e. The number of rotatable bonds is 0. The molecule has 0 amide bonds. The highest BCUT2D eigenvalue weighted by molar-refractivity contribution is 5.07. The lowest BCUT2D eigenvalue weighted by molar-refractivity contribution is -0.332. The van der Waals surface area contributed by atoms with Gasteiger partial charge in [0.15, 0.2) is 5.72 Å². The van der Waals surface area contributed by atoms with Crippen LogP contribution in [0.2, 0.25) is 0 Å². The Hall–Kier alpha value is -0.200. The van der Waals surface area contributed by atoms with Crippen molar-refractivity contribution in [2.24, 2.45) is 0 Å². The van der Waals surface area contributed by atoms with E-state index >= 15 is 0 Å². The summed E-state index contributed by atoms with van der Waals surface area (Å²) >= 11 is 0. The van der Waals surface area contributed by atoms with Gasteiger partial charge in [-0.2, -0.15) is 0 Å². The van der Waals surface area contributed by atoms with E-state index in [0.29, 0.717) is 6.42 Å². The number of aliphatic hydroxyl groups excluding tert-OH is 1. The molecule has 3 unspecified atom stereocenters. The van der Waals surface area contributed by atoms with E-state index in [4.69, 9.17) is 0 Å². The van der Waals surface area contributed by atoms with Crippen molar-refractivity contribution in [1.82, 2.24) is 5.32 Å². The van der Waals surface area contributed by atoms with Crippen LogP contribution in [-0.4, -0.2) is 44.1 Å². The molecule has 0 aromatic rings. The number of hydrogen-bond acceptors (Lipinski definition) is 5. The van der Waals surface area contributed by atoms with Crippen LogP contribution in [0.3, 0.4) is 0 Å². The molecule has 5 nitrogen and oxygen atoms in total. The second-order valence-corrected chi connectivity index (χ2v) is 3.72. The average Bonchev–Trinajstić information content (AvgIpc) is 2.29. The summed E-state index contributed by atoms with van der Waals surface area (Å²) in [4.78, 5) is 0. The molecule has 70 valence electrons. The van der Waals surface area contributed by atoms with Gasteiger partial charge in [-0.25, -0.2) is 0 Å². The van der Waals surface area contributed by atoms with E-state index in [-0.39, 0.29) is 18.9 Å². The van der Waals surface area contributed by atoms with Gasteiger partial charge in [0.25, 0.3) is 0 Å². The Labute approximate surface area is 69.6 Å². The van der Waals surface area contributed by atoms with Crippen molar-refractivity contribution < 1.29 is 20.4 Å². The zero-order valence-corrected chi connectivity index (χ0v) is 6.56. The minimum atomic E-state index is -2.42. The van der Waals surface area contributed by atoms with Crippen LogP contribution < -0.4 is 5.32 Å². The zero-order chi connectivity index (χ0) is 8.98. The molecule has 0 aliphatic carbocycles. The van der Waals surface area contributed by atoms with Gasteiger partial charge >= 0.3 is 0 Å². The summed E-state index contributed by atoms with van der Waals surface area (Å²) in [6, 6.07) is -0.00238. The first-order valence-electron chi connectivity index (χ1n) is 4.08. The number of fused-ring (bicyclic) bond motifs is 2. The van der Waals surface area contributed by atoms with Crippen molar-refractivity contribution in [3.05, 3.63) is 0 Å². The first-order chi connectivity index (χ1) is 5.46. The maximum absolute atomic E-state index is 9.65. The standard InChI is InChI=1S/C7H13NO4/c9-5-3-4-1-2-6(10,8-4)7(5,11)12/h4-5,8-12H,1-3H2. The molecule has 0 aromatic carbocycles. The van der Waals surface area contributed by atoms with E-state index in [1.54, 1.807) is 0 Å². The molecular formula is C7H13NO4. The minimum absolute atomic E-state index is 0.00238. The molecule has 2 aliphatic heterocycles. The van der Waals surface area contributed by atoms with Crippen LogP contribution in [0.4, 0.5) is 0 Å². The van der Waals surface area contributed by atoms with Gasteiger partial charge in [0.1, 0.15) is 6.10 Å². The molecule has 2 bridgehead atoms. The average molecular weight is 175 g/mol. The van der Waals surface area contributed by atoms with Crippen LogP contribution in [0.25, 0.3) is 0 Å². The summed E-state index contributed by atoms with van der Waals surface area (Å²) in [5.74, 6) is -2.42. The van der Waals surface area contributed by atoms with Crippen LogP contribution in [0.5, 0.6) is 0 Å². The third kappa shape index (κ3) is 0.855. The number of piperidine rings is 1. The van der Waals surface area contributed by atoms with Gasteiger partial charge in [-0.15, -0.1) is 0 Å². The molecule has 2 fully saturated rings. The Bertz CT molecular complexity index is 205. The van der Waals surface area contributed by atoms with E-state index in [1.165, 1.54) is 0 Å². The Kier molecular flexibility index (Phi) is 1.53. The third-order valence-corrected chi connectivity index (χ3v) is 2.88. The molecule has 2 rings (SSSR count). The molecule has 3 atom stereocenters. The molecule has 12 heavy (non-hydrogen) atoms.